The second-order valence-corrected chi connectivity index (χ2v) is 4.83. The first kappa shape index (κ1) is 14.3. The van der Waals surface area contributed by atoms with Crippen LogP contribution in [0.5, 0.6) is 11.5 Å². The zero-order chi connectivity index (χ0) is 14.5. The number of aliphatic carboxylic acids is 1. The van der Waals surface area contributed by atoms with E-state index in [9.17, 15) is 9.18 Å². The molecule has 0 bridgehead atoms. The molecule has 3 nitrogen and oxygen atoms in total. The standard InChI is InChI=1S/C15H10BrFO3/c16-11-2-7-14(10(9-11)1-8-15(18)19)20-13-5-3-12(17)4-6-13/h1-9H,(H,18,19)/b8-1+. The van der Waals surface area contributed by atoms with Gasteiger partial charge in [-0.2, -0.15) is 0 Å². The van der Waals surface area contributed by atoms with E-state index in [1.807, 2.05) is 0 Å². The van der Waals surface area contributed by atoms with Crippen molar-refractivity contribution in [2.24, 2.45) is 0 Å². The highest BCUT2D eigenvalue weighted by Gasteiger charge is 2.04. The summed E-state index contributed by atoms with van der Waals surface area (Å²) in [5.74, 6) is -0.437. The third kappa shape index (κ3) is 3.93. The van der Waals surface area contributed by atoms with Gasteiger partial charge in [-0.25, -0.2) is 9.18 Å². The fourth-order valence-electron chi connectivity index (χ4n) is 1.53. The number of carboxylic acids is 1. The van der Waals surface area contributed by atoms with Gasteiger partial charge < -0.3 is 9.84 Å². The SMILES string of the molecule is O=C(O)/C=C/c1cc(Br)ccc1Oc1ccc(F)cc1. The van der Waals surface area contributed by atoms with Gasteiger partial charge in [0.05, 0.1) is 0 Å². The van der Waals surface area contributed by atoms with Crippen molar-refractivity contribution in [1.82, 2.24) is 0 Å². The lowest BCUT2D eigenvalue weighted by atomic mass is 10.2. The molecule has 0 spiro atoms. The van der Waals surface area contributed by atoms with E-state index >= 15 is 0 Å². The van der Waals surface area contributed by atoms with Gasteiger partial charge in [0.1, 0.15) is 17.3 Å². The van der Waals surface area contributed by atoms with E-state index in [-0.39, 0.29) is 5.82 Å². The van der Waals surface area contributed by atoms with Crippen molar-refractivity contribution in [2.45, 2.75) is 0 Å². The van der Waals surface area contributed by atoms with E-state index in [0.29, 0.717) is 17.1 Å². The van der Waals surface area contributed by atoms with Crippen molar-refractivity contribution in [2.75, 3.05) is 0 Å². The first-order valence-electron chi connectivity index (χ1n) is 5.68. The Morgan fingerprint density at radius 3 is 2.55 bits per heavy atom. The number of hydrogen-bond acceptors (Lipinski definition) is 2. The maximum absolute atomic E-state index is 12.8. The summed E-state index contributed by atoms with van der Waals surface area (Å²) in [6, 6.07) is 10.8. The Labute approximate surface area is 123 Å². The monoisotopic (exact) mass is 336 g/mol. The topological polar surface area (TPSA) is 46.5 Å². The summed E-state index contributed by atoms with van der Waals surface area (Å²) in [5.41, 5.74) is 0.603. The molecule has 2 aromatic rings. The molecular formula is C15H10BrFO3. The molecular weight excluding hydrogens is 327 g/mol. The number of ether oxygens (including phenoxy) is 1. The lowest BCUT2D eigenvalue weighted by Gasteiger charge is -2.09. The lowest BCUT2D eigenvalue weighted by Crippen LogP contribution is -1.90. The van der Waals surface area contributed by atoms with Gasteiger partial charge in [-0.1, -0.05) is 15.9 Å². The molecule has 0 fully saturated rings. The minimum Gasteiger partial charge on any atom is -0.478 e. The summed E-state index contributed by atoms with van der Waals surface area (Å²) in [7, 11) is 0. The molecule has 0 aliphatic rings. The van der Waals surface area contributed by atoms with Crippen LogP contribution in [-0.2, 0) is 4.79 Å². The number of carboxylic acid groups (broad SMARTS) is 1. The Hall–Kier alpha value is -2.14. The fourth-order valence-corrected chi connectivity index (χ4v) is 1.91. The predicted octanol–water partition coefficient (Wildman–Crippen LogP) is 4.48. The minimum atomic E-state index is -1.04. The zero-order valence-corrected chi connectivity index (χ0v) is 11.8. The number of rotatable bonds is 4. The van der Waals surface area contributed by atoms with Crippen molar-refractivity contribution in [1.29, 1.82) is 0 Å². The summed E-state index contributed by atoms with van der Waals surface area (Å²) in [4.78, 5) is 10.6. The van der Waals surface area contributed by atoms with Gasteiger partial charge in [-0.05, 0) is 48.5 Å². The van der Waals surface area contributed by atoms with Crippen LogP contribution in [0, 0.1) is 5.82 Å². The normalized spacial score (nSPS) is 10.7. The molecule has 2 aromatic carbocycles. The summed E-state index contributed by atoms with van der Waals surface area (Å²) >= 11 is 3.31. The fraction of sp³-hybridized carbons (Fsp3) is 0. The van der Waals surface area contributed by atoms with Crippen LogP contribution in [0.2, 0.25) is 0 Å². The molecule has 0 aliphatic heterocycles. The van der Waals surface area contributed by atoms with Crippen LogP contribution in [0.4, 0.5) is 4.39 Å². The number of carbonyl (C=O) groups is 1. The third-order valence-electron chi connectivity index (χ3n) is 2.42. The Balaban J connectivity index is 2.30. The quantitative estimate of drug-likeness (QED) is 0.837. The third-order valence-corrected chi connectivity index (χ3v) is 2.91. The van der Waals surface area contributed by atoms with Crippen LogP contribution < -0.4 is 4.74 Å². The van der Waals surface area contributed by atoms with Gasteiger partial charge in [0.25, 0.3) is 0 Å². The van der Waals surface area contributed by atoms with E-state index < -0.39 is 5.97 Å². The van der Waals surface area contributed by atoms with E-state index in [1.165, 1.54) is 30.3 Å². The first-order chi connectivity index (χ1) is 9.54. The molecule has 0 unspecified atom stereocenters. The molecule has 5 heteroatoms. The van der Waals surface area contributed by atoms with Gasteiger partial charge in [-0.3, -0.25) is 0 Å². The van der Waals surface area contributed by atoms with Crippen LogP contribution in [0.15, 0.2) is 53.0 Å². The number of halogens is 2. The highest BCUT2D eigenvalue weighted by molar-refractivity contribution is 9.10. The average Bonchev–Trinajstić information content (AvgIpc) is 2.41. The van der Waals surface area contributed by atoms with Crippen LogP contribution >= 0.6 is 15.9 Å². The predicted molar refractivity (Wildman–Crippen MR) is 77.3 cm³/mol. The highest BCUT2D eigenvalue weighted by Crippen LogP contribution is 2.29. The van der Waals surface area contributed by atoms with Gasteiger partial charge in [-0.15, -0.1) is 0 Å². The molecule has 0 amide bonds. The van der Waals surface area contributed by atoms with Crippen LogP contribution in [0.1, 0.15) is 5.56 Å². The molecule has 0 radical (unpaired) electrons. The summed E-state index contributed by atoms with van der Waals surface area (Å²) < 4.78 is 19.2. The Bertz CT molecular complexity index is 651. The van der Waals surface area contributed by atoms with Crippen molar-refractivity contribution in [3.8, 4) is 11.5 Å². The summed E-state index contributed by atoms with van der Waals surface area (Å²) in [5, 5.41) is 8.67. The van der Waals surface area contributed by atoms with Gasteiger partial charge >= 0.3 is 5.97 Å². The van der Waals surface area contributed by atoms with Crippen molar-refractivity contribution in [3.63, 3.8) is 0 Å². The first-order valence-corrected chi connectivity index (χ1v) is 6.48. The number of benzene rings is 2. The minimum absolute atomic E-state index is 0.348. The van der Waals surface area contributed by atoms with Gasteiger partial charge in [0.15, 0.2) is 0 Å². The number of hydrogen-bond donors (Lipinski definition) is 1. The molecule has 0 aliphatic carbocycles. The Kier molecular flexibility index (Phi) is 4.53. The largest absolute Gasteiger partial charge is 0.478 e. The maximum Gasteiger partial charge on any atom is 0.328 e. The molecule has 0 aromatic heterocycles. The van der Waals surface area contributed by atoms with Crippen LogP contribution in [0.25, 0.3) is 6.08 Å². The van der Waals surface area contributed by atoms with Crippen LogP contribution in [-0.4, -0.2) is 11.1 Å². The molecule has 0 heterocycles. The van der Waals surface area contributed by atoms with E-state index in [1.54, 1.807) is 18.2 Å². The molecule has 102 valence electrons. The van der Waals surface area contributed by atoms with E-state index in [0.717, 1.165) is 10.5 Å². The molecule has 0 saturated carbocycles. The maximum atomic E-state index is 12.8. The highest BCUT2D eigenvalue weighted by atomic mass is 79.9. The zero-order valence-electron chi connectivity index (χ0n) is 10.2. The van der Waals surface area contributed by atoms with E-state index in [4.69, 9.17) is 9.84 Å². The van der Waals surface area contributed by atoms with Crippen LogP contribution in [0.3, 0.4) is 0 Å². The van der Waals surface area contributed by atoms with Gasteiger partial charge in [0, 0.05) is 16.1 Å². The second kappa shape index (κ2) is 6.34. The average molecular weight is 337 g/mol. The van der Waals surface area contributed by atoms with Gasteiger partial charge in [0.2, 0.25) is 0 Å². The molecule has 20 heavy (non-hydrogen) atoms. The molecule has 0 atom stereocenters. The van der Waals surface area contributed by atoms with Crippen molar-refractivity contribution in [3.05, 3.63) is 64.4 Å². The Morgan fingerprint density at radius 1 is 1.20 bits per heavy atom. The molecule has 0 saturated heterocycles. The summed E-state index contributed by atoms with van der Waals surface area (Å²) in [6.45, 7) is 0. The van der Waals surface area contributed by atoms with E-state index in [2.05, 4.69) is 15.9 Å². The summed E-state index contributed by atoms with van der Waals surface area (Å²) in [6.07, 6.45) is 2.46. The molecule has 2 rings (SSSR count). The second-order valence-electron chi connectivity index (χ2n) is 3.91. The Morgan fingerprint density at radius 2 is 1.90 bits per heavy atom. The smallest absolute Gasteiger partial charge is 0.328 e. The lowest BCUT2D eigenvalue weighted by molar-refractivity contribution is -0.131. The molecule has 1 N–H and O–H groups in total. The van der Waals surface area contributed by atoms with Crippen molar-refractivity contribution < 1.29 is 19.0 Å². The van der Waals surface area contributed by atoms with Crippen molar-refractivity contribution >= 4 is 28.0 Å².